The van der Waals surface area contributed by atoms with Crippen molar-refractivity contribution in [1.82, 2.24) is 0 Å². The molecule has 2 heteroatoms. The maximum atomic E-state index is 5.69. The molecule has 2 heterocycles. The summed E-state index contributed by atoms with van der Waals surface area (Å²) in [6, 6.07) is 4.47. The molecule has 0 spiro atoms. The number of ether oxygens (including phenoxy) is 1. The van der Waals surface area contributed by atoms with Gasteiger partial charge < -0.3 is 9.64 Å². The molecular formula is C15H21NO. The van der Waals surface area contributed by atoms with E-state index in [1.807, 2.05) is 0 Å². The summed E-state index contributed by atoms with van der Waals surface area (Å²) < 4.78 is 5.69. The predicted molar refractivity (Wildman–Crippen MR) is 71.2 cm³/mol. The number of rotatable bonds is 3. The highest BCUT2D eigenvalue weighted by molar-refractivity contribution is 5.69. The van der Waals surface area contributed by atoms with Gasteiger partial charge in [-0.2, -0.15) is 0 Å². The average molecular weight is 231 g/mol. The highest BCUT2D eigenvalue weighted by atomic mass is 16.5. The van der Waals surface area contributed by atoms with Crippen LogP contribution < -0.4 is 9.64 Å². The summed E-state index contributed by atoms with van der Waals surface area (Å²) in [5.74, 6) is 1.85. The summed E-state index contributed by atoms with van der Waals surface area (Å²) in [7, 11) is 0. The van der Waals surface area contributed by atoms with Crippen LogP contribution in [-0.2, 0) is 6.42 Å². The van der Waals surface area contributed by atoms with Gasteiger partial charge in [-0.3, -0.25) is 0 Å². The van der Waals surface area contributed by atoms with Crippen LogP contribution in [-0.4, -0.2) is 19.7 Å². The quantitative estimate of drug-likeness (QED) is 0.791. The van der Waals surface area contributed by atoms with Gasteiger partial charge in [-0.25, -0.2) is 0 Å². The van der Waals surface area contributed by atoms with Crippen LogP contribution in [0.1, 0.15) is 43.7 Å². The Morgan fingerprint density at radius 2 is 2.24 bits per heavy atom. The first-order chi connectivity index (χ1) is 8.35. The van der Waals surface area contributed by atoms with E-state index in [1.165, 1.54) is 37.2 Å². The molecule has 0 amide bonds. The van der Waals surface area contributed by atoms with Gasteiger partial charge in [0, 0.05) is 36.7 Å². The van der Waals surface area contributed by atoms with Crippen LogP contribution in [0.3, 0.4) is 0 Å². The van der Waals surface area contributed by atoms with E-state index >= 15 is 0 Å². The van der Waals surface area contributed by atoms with Gasteiger partial charge in [-0.05, 0) is 24.5 Å². The smallest absolute Gasteiger partial charge is 0.124 e. The molecule has 2 aliphatic heterocycles. The number of hydrogen-bond acceptors (Lipinski definition) is 2. The third-order valence-corrected chi connectivity index (χ3v) is 4.06. The Kier molecular flexibility index (Phi) is 2.73. The molecule has 0 N–H and O–H groups in total. The normalized spacial score (nSPS) is 21.3. The van der Waals surface area contributed by atoms with E-state index in [4.69, 9.17) is 4.74 Å². The van der Waals surface area contributed by atoms with E-state index in [1.54, 1.807) is 5.56 Å². The summed E-state index contributed by atoms with van der Waals surface area (Å²) >= 11 is 0. The van der Waals surface area contributed by atoms with E-state index in [0.717, 1.165) is 24.7 Å². The molecule has 1 unspecified atom stereocenters. The molecule has 0 fully saturated rings. The van der Waals surface area contributed by atoms with Crippen molar-refractivity contribution in [2.75, 3.05) is 24.6 Å². The monoisotopic (exact) mass is 231 g/mol. The summed E-state index contributed by atoms with van der Waals surface area (Å²) in [6.07, 6.45) is 3.56. The largest absolute Gasteiger partial charge is 0.493 e. The molecule has 0 saturated heterocycles. The van der Waals surface area contributed by atoms with Crippen molar-refractivity contribution in [2.45, 2.75) is 39.0 Å². The fourth-order valence-corrected chi connectivity index (χ4v) is 3.26. The lowest BCUT2D eigenvalue weighted by Crippen LogP contribution is -2.23. The van der Waals surface area contributed by atoms with Gasteiger partial charge in [0.15, 0.2) is 0 Å². The molecule has 2 aliphatic rings. The second-order valence-electron chi connectivity index (χ2n) is 5.13. The van der Waals surface area contributed by atoms with Gasteiger partial charge in [0.05, 0.1) is 6.61 Å². The maximum absolute atomic E-state index is 5.69. The molecule has 1 aromatic carbocycles. The van der Waals surface area contributed by atoms with Crippen molar-refractivity contribution in [3.05, 3.63) is 23.3 Å². The molecule has 17 heavy (non-hydrogen) atoms. The van der Waals surface area contributed by atoms with Crippen molar-refractivity contribution >= 4 is 5.69 Å². The average Bonchev–Trinajstić information content (AvgIpc) is 2.92. The molecule has 0 saturated carbocycles. The van der Waals surface area contributed by atoms with Crippen LogP contribution in [0, 0.1) is 0 Å². The van der Waals surface area contributed by atoms with Gasteiger partial charge in [-0.15, -0.1) is 0 Å². The van der Waals surface area contributed by atoms with E-state index in [2.05, 4.69) is 30.9 Å². The Hall–Kier alpha value is -1.18. The lowest BCUT2D eigenvalue weighted by atomic mass is 9.96. The zero-order chi connectivity index (χ0) is 11.8. The summed E-state index contributed by atoms with van der Waals surface area (Å²) in [5, 5.41) is 0. The molecule has 0 bridgehead atoms. The number of nitrogens with zero attached hydrogens (tertiary/aromatic N) is 1. The zero-order valence-corrected chi connectivity index (χ0v) is 10.8. The summed E-state index contributed by atoms with van der Waals surface area (Å²) in [6.45, 7) is 7.81. The third-order valence-electron chi connectivity index (χ3n) is 4.06. The predicted octanol–water partition coefficient (Wildman–Crippen LogP) is 3.35. The maximum Gasteiger partial charge on any atom is 0.124 e. The van der Waals surface area contributed by atoms with E-state index in [-0.39, 0.29) is 0 Å². The number of fused-ring (bicyclic) bond motifs is 3. The second kappa shape index (κ2) is 4.25. The van der Waals surface area contributed by atoms with Crippen molar-refractivity contribution in [3.8, 4) is 5.75 Å². The van der Waals surface area contributed by atoms with Crippen molar-refractivity contribution in [3.63, 3.8) is 0 Å². The molecule has 1 aromatic rings. The van der Waals surface area contributed by atoms with Crippen LogP contribution in [0.25, 0.3) is 0 Å². The molecule has 92 valence electrons. The molecule has 0 radical (unpaired) electrons. The van der Waals surface area contributed by atoms with Gasteiger partial charge in [0.1, 0.15) is 5.75 Å². The number of anilines is 1. The van der Waals surface area contributed by atoms with Gasteiger partial charge in [-0.1, -0.05) is 19.9 Å². The van der Waals surface area contributed by atoms with Crippen molar-refractivity contribution in [1.29, 1.82) is 0 Å². The van der Waals surface area contributed by atoms with Crippen molar-refractivity contribution in [2.24, 2.45) is 0 Å². The SMILES string of the molecule is CCCN1CC(CC)c2ccc3c(c21)CCO3. The minimum Gasteiger partial charge on any atom is -0.493 e. The van der Waals surface area contributed by atoms with Gasteiger partial charge in [0.25, 0.3) is 0 Å². The topological polar surface area (TPSA) is 12.5 Å². The van der Waals surface area contributed by atoms with Crippen LogP contribution in [0.15, 0.2) is 12.1 Å². The van der Waals surface area contributed by atoms with E-state index in [0.29, 0.717) is 0 Å². The first kappa shape index (κ1) is 10.9. The lowest BCUT2D eigenvalue weighted by Gasteiger charge is -2.20. The van der Waals surface area contributed by atoms with Crippen LogP contribution in [0.4, 0.5) is 5.69 Å². The van der Waals surface area contributed by atoms with Crippen LogP contribution >= 0.6 is 0 Å². The van der Waals surface area contributed by atoms with Crippen molar-refractivity contribution < 1.29 is 4.74 Å². The molecule has 3 rings (SSSR count). The molecule has 0 aromatic heterocycles. The Balaban J connectivity index is 2.07. The third kappa shape index (κ3) is 1.62. The Morgan fingerprint density at radius 1 is 1.35 bits per heavy atom. The standard InChI is InChI=1S/C15H21NO/c1-3-8-16-10-11(4-2)12-5-6-14-13(15(12)16)7-9-17-14/h5-6,11H,3-4,7-10H2,1-2H3. The van der Waals surface area contributed by atoms with E-state index < -0.39 is 0 Å². The first-order valence-corrected chi connectivity index (χ1v) is 6.88. The van der Waals surface area contributed by atoms with Crippen LogP contribution in [0.2, 0.25) is 0 Å². The Morgan fingerprint density at radius 3 is 3.00 bits per heavy atom. The lowest BCUT2D eigenvalue weighted by molar-refractivity contribution is 0.357. The Labute approximate surface area is 104 Å². The van der Waals surface area contributed by atoms with Gasteiger partial charge in [0.2, 0.25) is 0 Å². The zero-order valence-electron chi connectivity index (χ0n) is 10.8. The molecule has 0 aliphatic carbocycles. The Bertz CT molecular complexity index is 427. The highest BCUT2D eigenvalue weighted by Crippen LogP contribution is 2.45. The molecule has 1 atom stereocenters. The van der Waals surface area contributed by atoms with Gasteiger partial charge >= 0.3 is 0 Å². The minimum absolute atomic E-state index is 0.724. The number of benzene rings is 1. The van der Waals surface area contributed by atoms with Crippen LogP contribution in [0.5, 0.6) is 5.75 Å². The van der Waals surface area contributed by atoms with E-state index in [9.17, 15) is 0 Å². The molecular weight excluding hydrogens is 210 g/mol. The summed E-state index contributed by atoms with van der Waals surface area (Å²) in [4.78, 5) is 2.58. The molecule has 2 nitrogen and oxygen atoms in total. The summed E-state index contributed by atoms with van der Waals surface area (Å²) in [5.41, 5.74) is 4.53. The number of hydrogen-bond donors (Lipinski definition) is 0. The first-order valence-electron chi connectivity index (χ1n) is 6.88. The second-order valence-corrected chi connectivity index (χ2v) is 5.13. The fourth-order valence-electron chi connectivity index (χ4n) is 3.26. The highest BCUT2D eigenvalue weighted by Gasteiger charge is 2.32. The minimum atomic E-state index is 0.724. The fraction of sp³-hybridized carbons (Fsp3) is 0.600.